The molecule has 1 N–H and O–H groups in total. The van der Waals surface area contributed by atoms with Crippen molar-refractivity contribution >= 4 is 5.91 Å². The molecule has 2 fully saturated rings. The maximum atomic E-state index is 12.3. The fraction of sp³-hybridized carbons (Fsp3) is 0.647. The number of hydrogen-bond acceptors (Lipinski definition) is 4. The number of nitrogens with zero attached hydrogens (tertiary/aromatic N) is 5. The first-order chi connectivity index (χ1) is 11.5. The Morgan fingerprint density at radius 3 is 2.54 bits per heavy atom. The largest absolute Gasteiger partial charge is 0.349 e. The van der Waals surface area contributed by atoms with Gasteiger partial charge in [0.15, 0.2) is 5.82 Å². The van der Waals surface area contributed by atoms with Gasteiger partial charge in [-0.3, -0.25) is 9.48 Å². The molecule has 2 aliphatic rings. The molecule has 24 heavy (non-hydrogen) atoms. The van der Waals surface area contributed by atoms with Crippen LogP contribution >= 0.6 is 0 Å². The van der Waals surface area contributed by atoms with Gasteiger partial charge in [-0.1, -0.05) is 0 Å². The molecule has 0 radical (unpaired) electrons. The molecule has 2 heterocycles. The third-order valence-electron chi connectivity index (χ3n) is 5.09. The van der Waals surface area contributed by atoms with Crippen LogP contribution in [-0.2, 0) is 24.8 Å². The van der Waals surface area contributed by atoms with Crippen molar-refractivity contribution < 1.29 is 4.79 Å². The highest BCUT2D eigenvalue weighted by Gasteiger charge is 2.36. The van der Waals surface area contributed by atoms with Gasteiger partial charge in [-0.2, -0.15) is 5.10 Å². The quantitative estimate of drug-likeness (QED) is 0.875. The number of aryl methyl sites for hydroxylation is 2. The predicted molar refractivity (Wildman–Crippen MR) is 88.5 cm³/mol. The van der Waals surface area contributed by atoms with E-state index in [0.717, 1.165) is 28.6 Å². The summed E-state index contributed by atoms with van der Waals surface area (Å²) in [5.41, 5.74) is 2.97. The van der Waals surface area contributed by atoms with E-state index in [9.17, 15) is 4.79 Å². The second kappa shape index (κ2) is 5.72. The molecular formula is C17H24N6O. The number of rotatable bonds is 6. The van der Waals surface area contributed by atoms with E-state index < -0.39 is 0 Å². The van der Waals surface area contributed by atoms with Gasteiger partial charge in [0.05, 0.1) is 18.7 Å². The summed E-state index contributed by atoms with van der Waals surface area (Å²) < 4.78 is 4.10. The zero-order chi connectivity index (χ0) is 16.8. The van der Waals surface area contributed by atoms with Crippen molar-refractivity contribution in [3.05, 3.63) is 28.6 Å². The zero-order valence-corrected chi connectivity index (χ0v) is 14.5. The lowest BCUT2D eigenvalue weighted by molar-refractivity contribution is -0.120. The van der Waals surface area contributed by atoms with E-state index in [1.165, 1.54) is 25.7 Å². The Morgan fingerprint density at radius 1 is 1.21 bits per heavy atom. The van der Waals surface area contributed by atoms with E-state index in [4.69, 9.17) is 0 Å². The molecule has 0 saturated heterocycles. The van der Waals surface area contributed by atoms with Crippen LogP contribution in [0.25, 0.3) is 0 Å². The highest BCUT2D eigenvalue weighted by molar-refractivity contribution is 5.79. The van der Waals surface area contributed by atoms with Crippen LogP contribution < -0.4 is 5.32 Å². The van der Waals surface area contributed by atoms with Crippen LogP contribution in [0.2, 0.25) is 0 Å². The summed E-state index contributed by atoms with van der Waals surface area (Å²) in [4.78, 5) is 12.3. The maximum absolute atomic E-state index is 12.3. The van der Waals surface area contributed by atoms with E-state index in [0.29, 0.717) is 24.9 Å². The molecule has 0 aromatic carbocycles. The molecule has 2 aliphatic carbocycles. The van der Waals surface area contributed by atoms with Gasteiger partial charge < -0.3 is 9.88 Å². The summed E-state index contributed by atoms with van der Waals surface area (Å²) in [6.07, 6.45) is 5.20. The highest BCUT2D eigenvalue weighted by Crippen LogP contribution is 2.44. The van der Waals surface area contributed by atoms with Gasteiger partial charge in [-0.25, -0.2) is 0 Å². The SMILES string of the molecule is Cc1nn(C)c(C)c1CC(=O)NCc1nnc(C2CC2)n1C1CC1. The van der Waals surface area contributed by atoms with Gasteiger partial charge in [0, 0.05) is 30.3 Å². The van der Waals surface area contributed by atoms with Gasteiger partial charge in [-0.15, -0.1) is 10.2 Å². The second-order valence-corrected chi connectivity index (χ2v) is 7.08. The molecule has 128 valence electrons. The molecule has 0 bridgehead atoms. The average Bonchev–Trinajstić information content (AvgIpc) is 3.47. The maximum Gasteiger partial charge on any atom is 0.224 e. The van der Waals surface area contributed by atoms with E-state index >= 15 is 0 Å². The Balaban J connectivity index is 1.42. The van der Waals surface area contributed by atoms with Gasteiger partial charge in [0.1, 0.15) is 5.82 Å². The van der Waals surface area contributed by atoms with Crippen LogP contribution in [-0.4, -0.2) is 30.5 Å². The number of nitrogens with one attached hydrogen (secondary N) is 1. The van der Waals surface area contributed by atoms with Crippen molar-refractivity contribution in [3.8, 4) is 0 Å². The van der Waals surface area contributed by atoms with Crippen molar-refractivity contribution in [2.45, 2.75) is 64.5 Å². The molecule has 0 aliphatic heterocycles. The molecule has 0 unspecified atom stereocenters. The number of carbonyl (C=O) groups excluding carboxylic acids is 1. The van der Waals surface area contributed by atoms with Crippen molar-refractivity contribution in [1.82, 2.24) is 29.9 Å². The predicted octanol–water partition coefficient (Wildman–Crippen LogP) is 1.70. The molecule has 4 rings (SSSR count). The minimum atomic E-state index is 0.00696. The van der Waals surface area contributed by atoms with Crippen LogP contribution in [0.5, 0.6) is 0 Å². The Kier molecular flexibility index (Phi) is 3.66. The van der Waals surface area contributed by atoms with Crippen molar-refractivity contribution in [2.75, 3.05) is 0 Å². The number of aromatic nitrogens is 5. The number of carbonyl (C=O) groups is 1. The Bertz CT molecular complexity index is 781. The van der Waals surface area contributed by atoms with Crippen LogP contribution in [0, 0.1) is 13.8 Å². The molecule has 0 atom stereocenters. The Hall–Kier alpha value is -2.18. The smallest absolute Gasteiger partial charge is 0.224 e. The zero-order valence-electron chi connectivity index (χ0n) is 14.5. The topological polar surface area (TPSA) is 77.6 Å². The van der Waals surface area contributed by atoms with Gasteiger partial charge in [-0.05, 0) is 39.5 Å². The molecule has 2 aromatic heterocycles. The Morgan fingerprint density at radius 2 is 1.96 bits per heavy atom. The first-order valence-corrected chi connectivity index (χ1v) is 8.74. The average molecular weight is 328 g/mol. The van der Waals surface area contributed by atoms with E-state index in [1.807, 2.05) is 25.6 Å². The lowest BCUT2D eigenvalue weighted by Gasteiger charge is -2.09. The van der Waals surface area contributed by atoms with Gasteiger partial charge >= 0.3 is 0 Å². The van der Waals surface area contributed by atoms with E-state index in [1.54, 1.807) is 0 Å². The molecule has 2 aromatic rings. The second-order valence-electron chi connectivity index (χ2n) is 7.08. The number of hydrogen-bond donors (Lipinski definition) is 1. The minimum Gasteiger partial charge on any atom is -0.349 e. The summed E-state index contributed by atoms with van der Waals surface area (Å²) in [7, 11) is 1.90. The lowest BCUT2D eigenvalue weighted by atomic mass is 10.1. The third kappa shape index (κ3) is 2.83. The molecule has 7 nitrogen and oxygen atoms in total. The van der Waals surface area contributed by atoms with Crippen molar-refractivity contribution in [2.24, 2.45) is 7.05 Å². The van der Waals surface area contributed by atoms with Gasteiger partial charge in [0.25, 0.3) is 0 Å². The number of amides is 1. The highest BCUT2D eigenvalue weighted by atomic mass is 16.1. The van der Waals surface area contributed by atoms with Gasteiger partial charge in [0.2, 0.25) is 5.91 Å². The summed E-state index contributed by atoms with van der Waals surface area (Å²) in [5, 5.41) is 16.1. The molecule has 2 saturated carbocycles. The molecular weight excluding hydrogens is 304 g/mol. The molecule has 0 spiro atoms. The molecule has 1 amide bonds. The van der Waals surface area contributed by atoms with Crippen molar-refractivity contribution in [3.63, 3.8) is 0 Å². The van der Waals surface area contributed by atoms with E-state index in [-0.39, 0.29) is 5.91 Å². The summed E-state index contributed by atoms with van der Waals surface area (Å²) in [6, 6.07) is 0.547. The van der Waals surface area contributed by atoms with Crippen LogP contribution in [0.3, 0.4) is 0 Å². The van der Waals surface area contributed by atoms with E-state index in [2.05, 4.69) is 25.2 Å². The summed E-state index contributed by atoms with van der Waals surface area (Å²) in [6.45, 7) is 4.39. The standard InChI is InChI=1S/C17H24N6O/c1-10-14(11(2)22(3)21-10)8-16(24)18-9-15-19-20-17(12-4-5-12)23(15)13-6-7-13/h12-13H,4-9H2,1-3H3,(H,18,24). The monoisotopic (exact) mass is 328 g/mol. The fourth-order valence-corrected chi connectivity index (χ4v) is 3.28. The first-order valence-electron chi connectivity index (χ1n) is 8.74. The van der Waals surface area contributed by atoms with Crippen molar-refractivity contribution in [1.29, 1.82) is 0 Å². The normalized spacial score (nSPS) is 17.3. The minimum absolute atomic E-state index is 0.00696. The fourth-order valence-electron chi connectivity index (χ4n) is 3.28. The third-order valence-corrected chi connectivity index (χ3v) is 5.09. The van der Waals surface area contributed by atoms with Crippen LogP contribution in [0.4, 0.5) is 0 Å². The Labute approximate surface area is 141 Å². The summed E-state index contributed by atoms with van der Waals surface area (Å²) in [5.74, 6) is 2.61. The lowest BCUT2D eigenvalue weighted by Crippen LogP contribution is -2.26. The molecule has 7 heteroatoms. The summed E-state index contributed by atoms with van der Waals surface area (Å²) >= 11 is 0. The van der Waals surface area contributed by atoms with Crippen LogP contribution in [0.1, 0.15) is 66.2 Å². The first kappa shape index (κ1) is 15.4. The van der Waals surface area contributed by atoms with Crippen LogP contribution in [0.15, 0.2) is 0 Å².